The van der Waals surface area contributed by atoms with Gasteiger partial charge in [0.2, 0.25) is 0 Å². The van der Waals surface area contributed by atoms with E-state index in [9.17, 15) is 13.6 Å². The molecule has 0 unspecified atom stereocenters. The van der Waals surface area contributed by atoms with Gasteiger partial charge in [-0.1, -0.05) is 0 Å². The third kappa shape index (κ3) is 2.68. The lowest BCUT2D eigenvalue weighted by Gasteiger charge is -2.02. The largest absolute Gasteiger partial charge is 0.342 e. The van der Waals surface area contributed by atoms with Gasteiger partial charge in [0.25, 0.3) is 0 Å². The van der Waals surface area contributed by atoms with Crippen molar-refractivity contribution >= 4 is 12.2 Å². The van der Waals surface area contributed by atoms with Crippen molar-refractivity contribution in [2.75, 3.05) is 0 Å². The van der Waals surface area contributed by atoms with Crippen LogP contribution < -0.4 is 5.69 Å². The standard InChI is InChI=1S/C10H9F2N3OS/c11-7-3-6(4-8(12)5-7)1-2-15-9(16)13-14-10(15)17/h3-5H,1-2H2,(H,13,16)(H,14,17). The zero-order valence-electron chi connectivity index (χ0n) is 8.67. The predicted molar refractivity (Wildman–Crippen MR) is 60.3 cm³/mol. The highest BCUT2D eigenvalue weighted by atomic mass is 32.1. The Morgan fingerprint density at radius 2 is 1.82 bits per heavy atom. The molecule has 4 nitrogen and oxygen atoms in total. The van der Waals surface area contributed by atoms with Crippen LogP contribution >= 0.6 is 12.2 Å². The maximum Gasteiger partial charge on any atom is 0.342 e. The van der Waals surface area contributed by atoms with Gasteiger partial charge in [-0.15, -0.1) is 0 Å². The normalized spacial score (nSPS) is 10.7. The third-order valence-electron chi connectivity index (χ3n) is 2.31. The maximum atomic E-state index is 12.9. The number of rotatable bonds is 3. The molecule has 1 heterocycles. The Bertz CT molecular complexity index is 596. The fourth-order valence-corrected chi connectivity index (χ4v) is 1.76. The Kier molecular flexibility index (Phi) is 3.19. The Hall–Kier alpha value is -1.76. The van der Waals surface area contributed by atoms with Crippen LogP contribution in [0.15, 0.2) is 23.0 Å². The van der Waals surface area contributed by atoms with Crippen LogP contribution in [0.25, 0.3) is 0 Å². The van der Waals surface area contributed by atoms with Crippen molar-refractivity contribution < 1.29 is 8.78 Å². The van der Waals surface area contributed by atoms with E-state index in [-0.39, 0.29) is 17.0 Å². The lowest BCUT2D eigenvalue weighted by Crippen LogP contribution is -2.18. The summed E-state index contributed by atoms with van der Waals surface area (Å²) >= 11 is 4.87. The molecule has 2 N–H and O–H groups in total. The van der Waals surface area contributed by atoms with Gasteiger partial charge in [0.15, 0.2) is 4.77 Å². The Morgan fingerprint density at radius 3 is 2.35 bits per heavy atom. The first kappa shape index (κ1) is 11.7. The maximum absolute atomic E-state index is 12.9. The molecule has 0 saturated heterocycles. The van der Waals surface area contributed by atoms with E-state index < -0.39 is 11.6 Å². The zero-order valence-corrected chi connectivity index (χ0v) is 9.48. The molecule has 7 heteroatoms. The summed E-state index contributed by atoms with van der Waals surface area (Å²) in [4.78, 5) is 11.3. The van der Waals surface area contributed by atoms with E-state index in [4.69, 9.17) is 12.2 Å². The first-order valence-electron chi connectivity index (χ1n) is 4.89. The van der Waals surface area contributed by atoms with E-state index in [0.29, 0.717) is 12.0 Å². The molecule has 0 saturated carbocycles. The summed E-state index contributed by atoms with van der Waals surface area (Å²) in [7, 11) is 0. The van der Waals surface area contributed by atoms with Gasteiger partial charge in [0.05, 0.1) is 0 Å². The number of nitrogens with one attached hydrogen (secondary N) is 2. The molecule has 2 aromatic rings. The highest BCUT2D eigenvalue weighted by Crippen LogP contribution is 2.09. The molecule has 2 rings (SSSR count). The summed E-state index contributed by atoms with van der Waals surface area (Å²) in [5.41, 5.74) is 0.108. The highest BCUT2D eigenvalue weighted by Gasteiger charge is 2.03. The van der Waals surface area contributed by atoms with Crippen LogP contribution in [-0.4, -0.2) is 14.8 Å². The number of hydrogen-bond donors (Lipinski definition) is 2. The number of benzene rings is 1. The lowest BCUT2D eigenvalue weighted by molar-refractivity contribution is 0.575. The molecular formula is C10H9F2N3OS. The average Bonchev–Trinajstić information content (AvgIpc) is 2.55. The van der Waals surface area contributed by atoms with Crippen LogP contribution in [0.1, 0.15) is 5.56 Å². The van der Waals surface area contributed by atoms with Gasteiger partial charge in [-0.25, -0.2) is 18.7 Å². The van der Waals surface area contributed by atoms with Gasteiger partial charge < -0.3 is 0 Å². The number of aromatic nitrogens is 3. The van der Waals surface area contributed by atoms with E-state index in [1.54, 1.807) is 0 Å². The van der Waals surface area contributed by atoms with Crippen LogP contribution in [0.4, 0.5) is 8.78 Å². The molecule has 0 aliphatic rings. The number of halogens is 2. The van der Waals surface area contributed by atoms with Gasteiger partial charge in [0, 0.05) is 12.6 Å². The molecule has 0 radical (unpaired) electrons. The second-order valence-corrected chi connectivity index (χ2v) is 3.93. The number of H-pyrrole nitrogens is 2. The quantitative estimate of drug-likeness (QED) is 0.823. The molecular weight excluding hydrogens is 248 g/mol. The molecule has 90 valence electrons. The summed E-state index contributed by atoms with van der Waals surface area (Å²) in [6, 6.07) is 3.26. The average molecular weight is 257 g/mol. The highest BCUT2D eigenvalue weighted by molar-refractivity contribution is 7.71. The third-order valence-corrected chi connectivity index (χ3v) is 2.64. The molecule has 0 fully saturated rings. The fourth-order valence-electron chi connectivity index (χ4n) is 1.53. The molecule has 0 aliphatic heterocycles. The minimum Gasteiger partial charge on any atom is -0.272 e. The number of hydrogen-bond acceptors (Lipinski definition) is 2. The van der Waals surface area contributed by atoms with Crippen molar-refractivity contribution in [2.45, 2.75) is 13.0 Å². The van der Waals surface area contributed by atoms with E-state index in [2.05, 4.69) is 10.2 Å². The van der Waals surface area contributed by atoms with Gasteiger partial charge >= 0.3 is 5.69 Å². The number of nitrogens with zero attached hydrogens (tertiary/aromatic N) is 1. The second-order valence-electron chi connectivity index (χ2n) is 3.54. The molecule has 0 amide bonds. The summed E-state index contributed by atoms with van der Waals surface area (Å²) in [6.45, 7) is 0.264. The van der Waals surface area contributed by atoms with E-state index in [1.807, 2.05) is 0 Å². The Morgan fingerprint density at radius 1 is 1.18 bits per heavy atom. The zero-order chi connectivity index (χ0) is 12.4. The molecule has 0 bridgehead atoms. The fraction of sp³-hybridized carbons (Fsp3) is 0.200. The van der Waals surface area contributed by atoms with Crippen molar-refractivity contribution in [3.8, 4) is 0 Å². The van der Waals surface area contributed by atoms with Crippen molar-refractivity contribution in [3.05, 3.63) is 50.7 Å². The van der Waals surface area contributed by atoms with Crippen LogP contribution in [0.2, 0.25) is 0 Å². The molecule has 1 aromatic heterocycles. The molecule has 0 spiro atoms. The predicted octanol–water partition coefficient (Wildman–Crippen LogP) is 1.75. The summed E-state index contributed by atoms with van der Waals surface area (Å²) < 4.78 is 27.4. The topological polar surface area (TPSA) is 53.6 Å². The summed E-state index contributed by atoms with van der Waals surface area (Å²) in [5.74, 6) is -1.27. The van der Waals surface area contributed by atoms with Gasteiger partial charge in [0.1, 0.15) is 11.6 Å². The number of aromatic amines is 2. The first-order chi connectivity index (χ1) is 8.06. The van der Waals surface area contributed by atoms with Crippen molar-refractivity contribution in [2.24, 2.45) is 0 Å². The van der Waals surface area contributed by atoms with Gasteiger partial charge in [-0.05, 0) is 36.3 Å². The van der Waals surface area contributed by atoms with Crippen LogP contribution in [0, 0.1) is 16.4 Å². The van der Waals surface area contributed by atoms with Crippen LogP contribution in [0.3, 0.4) is 0 Å². The molecule has 0 aliphatic carbocycles. The Labute approximate surface area is 99.9 Å². The van der Waals surface area contributed by atoms with Gasteiger partial charge in [-0.2, -0.15) is 0 Å². The van der Waals surface area contributed by atoms with Gasteiger partial charge in [-0.3, -0.25) is 9.67 Å². The second kappa shape index (κ2) is 4.62. The van der Waals surface area contributed by atoms with Crippen molar-refractivity contribution in [1.82, 2.24) is 14.8 Å². The molecule has 1 aromatic carbocycles. The van der Waals surface area contributed by atoms with Crippen LogP contribution in [0.5, 0.6) is 0 Å². The Balaban J connectivity index is 2.18. The summed E-state index contributed by atoms with van der Waals surface area (Å²) in [6.07, 6.45) is 0.323. The first-order valence-corrected chi connectivity index (χ1v) is 5.29. The molecule has 17 heavy (non-hydrogen) atoms. The lowest BCUT2D eigenvalue weighted by atomic mass is 10.1. The molecule has 0 atom stereocenters. The monoisotopic (exact) mass is 257 g/mol. The minimum absolute atomic E-state index is 0.256. The van der Waals surface area contributed by atoms with E-state index in [1.165, 1.54) is 16.7 Å². The summed E-state index contributed by atoms with van der Waals surface area (Å²) in [5, 5.41) is 4.81. The number of aryl methyl sites for hydroxylation is 1. The van der Waals surface area contributed by atoms with Crippen LogP contribution in [-0.2, 0) is 13.0 Å². The van der Waals surface area contributed by atoms with Crippen molar-refractivity contribution in [3.63, 3.8) is 0 Å². The SMILES string of the molecule is O=c1[nH][nH]c(=S)n1CCc1cc(F)cc(F)c1. The van der Waals surface area contributed by atoms with E-state index in [0.717, 1.165) is 6.07 Å². The van der Waals surface area contributed by atoms with E-state index >= 15 is 0 Å². The smallest absolute Gasteiger partial charge is 0.272 e. The minimum atomic E-state index is -0.633. The van der Waals surface area contributed by atoms with Crippen molar-refractivity contribution in [1.29, 1.82) is 0 Å².